The molecule has 1 aliphatic heterocycles. The van der Waals surface area contributed by atoms with Crippen molar-refractivity contribution in [2.75, 3.05) is 28.4 Å². The second-order valence-corrected chi connectivity index (χ2v) is 5.85. The Morgan fingerprint density at radius 2 is 1.70 bits per heavy atom. The van der Waals surface area contributed by atoms with Crippen LogP contribution in [0.5, 0.6) is 23.0 Å². The lowest BCUT2D eigenvalue weighted by atomic mass is 9.97. The van der Waals surface area contributed by atoms with Crippen molar-refractivity contribution in [2.24, 2.45) is 0 Å². The molecule has 2 aromatic rings. The Balaban J connectivity index is 1.91. The first-order chi connectivity index (χ1) is 13.0. The first kappa shape index (κ1) is 18.6. The summed E-state index contributed by atoms with van der Waals surface area (Å²) >= 11 is 0. The second-order valence-electron chi connectivity index (χ2n) is 5.85. The minimum absolute atomic E-state index is 0.0170. The van der Waals surface area contributed by atoms with Gasteiger partial charge in [0.25, 0.3) is 0 Å². The number of esters is 1. The van der Waals surface area contributed by atoms with Crippen LogP contribution in [0.3, 0.4) is 0 Å². The molecule has 0 aromatic heterocycles. The molecule has 0 saturated carbocycles. The van der Waals surface area contributed by atoms with Crippen molar-refractivity contribution in [3.05, 3.63) is 47.0 Å². The maximum Gasteiger partial charge on any atom is 0.343 e. The summed E-state index contributed by atoms with van der Waals surface area (Å²) in [6.45, 7) is 0. The normalized spacial score (nSPS) is 15.0. The van der Waals surface area contributed by atoms with Gasteiger partial charge in [-0.15, -0.1) is 0 Å². The third kappa shape index (κ3) is 3.28. The number of fused-ring (bicyclic) bond motifs is 1. The number of Topliss-reactive ketones (excluding diaryl/α,β-unsaturated/α-hetero) is 1. The molecular formula is C20H20O7. The van der Waals surface area contributed by atoms with Gasteiger partial charge in [0, 0.05) is 11.6 Å². The zero-order chi connectivity index (χ0) is 19.6. The Hall–Kier alpha value is -3.22. The van der Waals surface area contributed by atoms with Crippen LogP contribution >= 0.6 is 0 Å². The molecule has 3 rings (SSSR count). The summed E-state index contributed by atoms with van der Waals surface area (Å²) in [7, 11) is 5.95. The molecule has 0 fully saturated rings. The van der Waals surface area contributed by atoms with Gasteiger partial charge in [-0.2, -0.15) is 0 Å². The maximum atomic E-state index is 12.8. The van der Waals surface area contributed by atoms with E-state index in [1.54, 1.807) is 30.3 Å². The van der Waals surface area contributed by atoms with Gasteiger partial charge in [0.15, 0.2) is 17.3 Å². The van der Waals surface area contributed by atoms with E-state index in [-0.39, 0.29) is 17.8 Å². The molecule has 1 heterocycles. The summed E-state index contributed by atoms with van der Waals surface area (Å²) in [6, 6.07) is 8.34. The molecule has 0 N–H and O–H groups in total. The van der Waals surface area contributed by atoms with Crippen LogP contribution in [0, 0.1) is 0 Å². The SMILES string of the molecule is COc1ccc(C(=O)C[C@H]2OC(=O)c3c2ccc(OC)c3OC)c(OC)c1. The van der Waals surface area contributed by atoms with Crippen molar-refractivity contribution in [2.45, 2.75) is 12.5 Å². The van der Waals surface area contributed by atoms with E-state index in [1.165, 1.54) is 28.4 Å². The largest absolute Gasteiger partial charge is 0.497 e. The van der Waals surface area contributed by atoms with Gasteiger partial charge in [0.1, 0.15) is 23.2 Å². The topological polar surface area (TPSA) is 80.3 Å². The molecule has 0 amide bonds. The number of ketones is 1. The molecule has 7 heteroatoms. The van der Waals surface area contributed by atoms with Gasteiger partial charge in [0.2, 0.25) is 0 Å². The first-order valence-electron chi connectivity index (χ1n) is 8.25. The number of ether oxygens (including phenoxy) is 5. The summed E-state index contributed by atoms with van der Waals surface area (Å²) in [4.78, 5) is 25.1. The molecule has 0 saturated heterocycles. The smallest absolute Gasteiger partial charge is 0.343 e. The Labute approximate surface area is 156 Å². The first-order valence-corrected chi connectivity index (χ1v) is 8.25. The van der Waals surface area contributed by atoms with Gasteiger partial charge in [-0.05, 0) is 18.2 Å². The van der Waals surface area contributed by atoms with Gasteiger partial charge in [-0.1, -0.05) is 6.07 Å². The summed E-state index contributed by atoms with van der Waals surface area (Å²) < 4.78 is 26.4. The summed E-state index contributed by atoms with van der Waals surface area (Å²) in [6.07, 6.45) is -0.719. The van der Waals surface area contributed by atoms with Gasteiger partial charge in [-0.3, -0.25) is 4.79 Å². The maximum absolute atomic E-state index is 12.8. The number of benzene rings is 2. The van der Waals surface area contributed by atoms with E-state index in [9.17, 15) is 9.59 Å². The van der Waals surface area contributed by atoms with Crippen LogP contribution in [0.15, 0.2) is 30.3 Å². The van der Waals surface area contributed by atoms with Crippen molar-refractivity contribution in [3.8, 4) is 23.0 Å². The van der Waals surface area contributed by atoms with Crippen molar-refractivity contribution in [3.63, 3.8) is 0 Å². The van der Waals surface area contributed by atoms with Gasteiger partial charge >= 0.3 is 5.97 Å². The fraction of sp³-hybridized carbons (Fsp3) is 0.300. The molecule has 0 bridgehead atoms. The van der Waals surface area contributed by atoms with Crippen LogP contribution in [-0.4, -0.2) is 40.2 Å². The van der Waals surface area contributed by atoms with E-state index in [4.69, 9.17) is 23.7 Å². The number of methoxy groups -OCH3 is 4. The van der Waals surface area contributed by atoms with E-state index in [2.05, 4.69) is 0 Å². The zero-order valence-electron chi connectivity index (χ0n) is 15.5. The van der Waals surface area contributed by atoms with E-state index in [0.717, 1.165) is 0 Å². The van der Waals surface area contributed by atoms with Gasteiger partial charge < -0.3 is 23.7 Å². The Morgan fingerprint density at radius 1 is 0.963 bits per heavy atom. The number of carbonyl (C=O) groups is 2. The number of rotatable bonds is 7. The van der Waals surface area contributed by atoms with E-state index < -0.39 is 12.1 Å². The summed E-state index contributed by atoms with van der Waals surface area (Å²) in [5.41, 5.74) is 1.28. The van der Waals surface area contributed by atoms with Crippen LogP contribution in [0.25, 0.3) is 0 Å². The molecule has 7 nitrogen and oxygen atoms in total. The fourth-order valence-corrected chi connectivity index (χ4v) is 3.13. The number of hydrogen-bond donors (Lipinski definition) is 0. The van der Waals surface area contributed by atoms with E-state index in [1.807, 2.05) is 0 Å². The van der Waals surface area contributed by atoms with Gasteiger partial charge in [-0.25, -0.2) is 4.79 Å². The monoisotopic (exact) mass is 372 g/mol. The standard InChI is InChI=1S/C20H20O7/c1-23-11-5-6-12(16(9-11)25-3)14(21)10-17-13-7-8-15(24-2)19(26-4)18(13)20(22)27-17/h5-9,17H,10H2,1-4H3/t17-/m1/s1. The molecule has 1 atom stereocenters. The molecular weight excluding hydrogens is 352 g/mol. The van der Waals surface area contributed by atoms with Crippen molar-refractivity contribution in [1.29, 1.82) is 0 Å². The third-order valence-corrected chi connectivity index (χ3v) is 4.46. The third-order valence-electron chi connectivity index (χ3n) is 4.46. The van der Waals surface area contributed by atoms with Crippen LogP contribution in [0.1, 0.15) is 38.8 Å². The van der Waals surface area contributed by atoms with Crippen molar-refractivity contribution < 1.29 is 33.3 Å². The molecule has 142 valence electrons. The Kier molecular flexibility index (Phi) is 5.21. The number of cyclic esters (lactones) is 1. The molecule has 0 spiro atoms. The lowest BCUT2D eigenvalue weighted by Crippen LogP contribution is -2.09. The number of hydrogen-bond acceptors (Lipinski definition) is 7. The van der Waals surface area contributed by atoms with Crippen molar-refractivity contribution >= 4 is 11.8 Å². The van der Waals surface area contributed by atoms with Crippen molar-refractivity contribution in [1.82, 2.24) is 0 Å². The minimum Gasteiger partial charge on any atom is -0.497 e. The predicted octanol–water partition coefficient (Wildman–Crippen LogP) is 3.21. The van der Waals surface area contributed by atoms with Gasteiger partial charge in [0.05, 0.1) is 40.4 Å². The van der Waals surface area contributed by atoms with Crippen LogP contribution in [0.4, 0.5) is 0 Å². The van der Waals surface area contributed by atoms with Crippen LogP contribution in [0.2, 0.25) is 0 Å². The lowest BCUT2D eigenvalue weighted by molar-refractivity contribution is 0.0365. The van der Waals surface area contributed by atoms with Crippen LogP contribution in [-0.2, 0) is 4.74 Å². The summed E-state index contributed by atoms with van der Waals surface area (Å²) in [5, 5.41) is 0. The predicted molar refractivity (Wildman–Crippen MR) is 96.2 cm³/mol. The Bertz CT molecular complexity index is 888. The van der Waals surface area contributed by atoms with E-state index >= 15 is 0 Å². The fourth-order valence-electron chi connectivity index (χ4n) is 3.13. The highest BCUT2D eigenvalue weighted by Crippen LogP contribution is 2.43. The average Bonchev–Trinajstić information content (AvgIpc) is 3.01. The highest BCUT2D eigenvalue weighted by molar-refractivity contribution is 6.02. The molecule has 0 unspecified atom stereocenters. The Morgan fingerprint density at radius 3 is 2.33 bits per heavy atom. The highest BCUT2D eigenvalue weighted by Gasteiger charge is 2.37. The number of carbonyl (C=O) groups excluding carboxylic acids is 2. The second kappa shape index (κ2) is 7.57. The highest BCUT2D eigenvalue weighted by atomic mass is 16.6. The molecule has 0 aliphatic carbocycles. The minimum atomic E-state index is -0.702. The molecule has 1 aliphatic rings. The van der Waals surface area contributed by atoms with E-state index in [0.29, 0.717) is 34.1 Å². The average molecular weight is 372 g/mol. The molecule has 27 heavy (non-hydrogen) atoms. The molecule has 2 aromatic carbocycles. The zero-order valence-corrected chi connectivity index (χ0v) is 15.5. The van der Waals surface area contributed by atoms with Crippen LogP contribution < -0.4 is 18.9 Å². The summed E-state index contributed by atoms with van der Waals surface area (Å²) in [5.74, 6) is 0.957. The molecule has 0 radical (unpaired) electrons. The quantitative estimate of drug-likeness (QED) is 0.545. The lowest BCUT2D eigenvalue weighted by Gasteiger charge is -2.13.